The van der Waals surface area contributed by atoms with Gasteiger partial charge in [-0.15, -0.1) is 0 Å². The number of carbonyl (C=O) groups excluding carboxylic acids is 1. The highest BCUT2D eigenvalue weighted by Crippen LogP contribution is 2.76. The fraction of sp³-hybridized carbons (Fsp3) is 0.932. The summed E-state index contributed by atoms with van der Waals surface area (Å²) in [6.45, 7) is 19.2. The molecule has 334 valence electrons. The summed E-state index contributed by atoms with van der Waals surface area (Å²) in [6, 6.07) is 0. The van der Waals surface area contributed by atoms with Crippen molar-refractivity contribution in [3.8, 4) is 0 Å². The van der Waals surface area contributed by atoms with Gasteiger partial charge in [0.25, 0.3) is 0 Å². The maximum absolute atomic E-state index is 12.3. The molecule has 0 aromatic carbocycles. The van der Waals surface area contributed by atoms with Crippen molar-refractivity contribution in [2.45, 2.75) is 206 Å². The van der Waals surface area contributed by atoms with Gasteiger partial charge in [0.05, 0.1) is 30.0 Å². The van der Waals surface area contributed by atoms with E-state index in [0.29, 0.717) is 32.1 Å². The lowest BCUT2D eigenvalue weighted by molar-refractivity contribution is -0.382. The van der Waals surface area contributed by atoms with E-state index in [0.717, 1.165) is 19.3 Å². The van der Waals surface area contributed by atoms with Gasteiger partial charge in [0, 0.05) is 6.92 Å². The first-order valence-electron chi connectivity index (χ1n) is 21.7. The Morgan fingerprint density at radius 1 is 0.828 bits per heavy atom. The van der Waals surface area contributed by atoms with Gasteiger partial charge >= 0.3 is 5.97 Å². The molecule has 0 bridgehead atoms. The highest BCUT2D eigenvalue weighted by atomic mass is 16.8. The first-order chi connectivity index (χ1) is 26.8. The number of aliphatic hydroxyl groups is 8. The van der Waals surface area contributed by atoms with Crippen molar-refractivity contribution in [3.63, 3.8) is 0 Å². The summed E-state index contributed by atoms with van der Waals surface area (Å²) >= 11 is 0. The third-order valence-electron chi connectivity index (χ3n) is 16.7. The number of esters is 1. The number of fused-ring (bicyclic) bond motifs is 5. The van der Waals surface area contributed by atoms with Crippen molar-refractivity contribution in [1.29, 1.82) is 0 Å². The highest BCUT2D eigenvalue weighted by molar-refractivity contribution is 5.65. The average Bonchev–Trinajstić information content (AvgIpc) is 3.52. The van der Waals surface area contributed by atoms with Crippen molar-refractivity contribution in [2.75, 3.05) is 6.61 Å². The number of carbonyl (C=O) groups is 1. The minimum Gasteiger partial charge on any atom is -0.463 e. The molecule has 0 amide bonds. The molecule has 58 heavy (non-hydrogen) atoms. The van der Waals surface area contributed by atoms with Crippen LogP contribution < -0.4 is 0 Å². The van der Waals surface area contributed by atoms with Crippen LogP contribution in [0.1, 0.15) is 121 Å². The van der Waals surface area contributed by atoms with Gasteiger partial charge in [-0.2, -0.15) is 0 Å². The Bertz CT molecular complexity index is 1500. The number of hydrogen-bond donors (Lipinski definition) is 8. The quantitative estimate of drug-likeness (QED) is 0.0902. The third kappa shape index (κ3) is 7.76. The molecule has 14 heteroatoms. The number of aliphatic hydroxyl groups excluding tert-OH is 7. The lowest BCUT2D eigenvalue weighted by Gasteiger charge is -2.72. The molecular formula is C44H74O14. The summed E-state index contributed by atoms with van der Waals surface area (Å²) in [7, 11) is 0. The fourth-order valence-corrected chi connectivity index (χ4v) is 13.5. The molecule has 2 saturated heterocycles. The van der Waals surface area contributed by atoms with Crippen LogP contribution in [0.25, 0.3) is 0 Å². The van der Waals surface area contributed by atoms with Crippen molar-refractivity contribution < 1.29 is 69.3 Å². The molecule has 4 aliphatic carbocycles. The van der Waals surface area contributed by atoms with E-state index in [1.54, 1.807) is 0 Å². The SMILES string of the molecule is CC(=O)OC[C@H]1O[C@@H](O[C@H]2C[C@]3(C)[C@@H](C[C@@H](O)[C@@H]4[C@@H]([C@](C)(O)CCC=C(C)C)CC[C@]43C)[C@@]3(C)CC[C@H](O)C(C)(C)[C@H]23)[C@H](O[C@@H]2O[C@@H](C)[C@H](O)[C@@H](O)[C@H]2O)[C@@H](O)[C@@H]1O. The molecule has 21 atom stereocenters. The molecule has 6 rings (SSSR count). The van der Waals surface area contributed by atoms with Crippen molar-refractivity contribution >= 4 is 5.97 Å². The van der Waals surface area contributed by atoms with Gasteiger partial charge in [0.1, 0.15) is 49.3 Å². The summed E-state index contributed by atoms with van der Waals surface area (Å²) in [4.78, 5) is 11.9. The van der Waals surface area contributed by atoms with Gasteiger partial charge in [-0.1, -0.05) is 46.3 Å². The molecule has 6 fully saturated rings. The molecule has 0 radical (unpaired) electrons. The molecule has 14 nitrogen and oxygen atoms in total. The zero-order valence-corrected chi connectivity index (χ0v) is 36.3. The highest BCUT2D eigenvalue weighted by Gasteiger charge is 2.73. The Balaban J connectivity index is 1.40. The van der Waals surface area contributed by atoms with Crippen LogP contribution in [-0.2, 0) is 28.5 Å². The second-order valence-electron chi connectivity index (χ2n) is 20.9. The largest absolute Gasteiger partial charge is 0.463 e. The van der Waals surface area contributed by atoms with Crippen LogP contribution in [0.4, 0.5) is 0 Å². The van der Waals surface area contributed by atoms with Gasteiger partial charge < -0.3 is 64.5 Å². The summed E-state index contributed by atoms with van der Waals surface area (Å²) in [6.07, 6.45) is -9.45. The molecule has 0 spiro atoms. The molecule has 2 aliphatic heterocycles. The molecule has 0 aromatic rings. The summed E-state index contributed by atoms with van der Waals surface area (Å²) in [5.41, 5.74) is -1.84. The predicted octanol–water partition coefficient (Wildman–Crippen LogP) is 2.72. The zero-order valence-electron chi connectivity index (χ0n) is 36.3. The Hall–Kier alpha value is -1.27. The van der Waals surface area contributed by atoms with Crippen LogP contribution in [0, 0.1) is 45.3 Å². The molecule has 0 aromatic heterocycles. The molecule has 2 heterocycles. The van der Waals surface area contributed by atoms with Crippen LogP contribution in [0.2, 0.25) is 0 Å². The lowest BCUT2D eigenvalue weighted by atomic mass is 9.34. The van der Waals surface area contributed by atoms with Crippen LogP contribution in [0.15, 0.2) is 11.6 Å². The van der Waals surface area contributed by atoms with Crippen molar-refractivity contribution in [2.24, 2.45) is 45.3 Å². The molecular weight excluding hydrogens is 752 g/mol. The predicted molar refractivity (Wildman–Crippen MR) is 210 cm³/mol. The van der Waals surface area contributed by atoms with E-state index >= 15 is 0 Å². The van der Waals surface area contributed by atoms with Crippen LogP contribution in [-0.4, -0.2) is 139 Å². The lowest BCUT2D eigenvalue weighted by Crippen LogP contribution is -2.71. The minimum absolute atomic E-state index is 0.0193. The average molecular weight is 827 g/mol. The van der Waals surface area contributed by atoms with Crippen molar-refractivity contribution in [3.05, 3.63) is 11.6 Å². The summed E-state index contributed by atoms with van der Waals surface area (Å²) in [5, 5.41) is 91.0. The fourth-order valence-electron chi connectivity index (χ4n) is 13.5. The molecule has 0 unspecified atom stereocenters. The van der Waals surface area contributed by atoms with Gasteiger partial charge in [-0.3, -0.25) is 4.79 Å². The molecule has 8 N–H and O–H groups in total. The third-order valence-corrected chi connectivity index (χ3v) is 16.7. The minimum atomic E-state index is -1.72. The normalized spacial score (nSPS) is 51.1. The Morgan fingerprint density at radius 2 is 1.50 bits per heavy atom. The van der Waals surface area contributed by atoms with E-state index in [2.05, 4.69) is 26.8 Å². The smallest absolute Gasteiger partial charge is 0.302 e. The van der Waals surface area contributed by atoms with Crippen LogP contribution >= 0.6 is 0 Å². The van der Waals surface area contributed by atoms with Crippen LogP contribution in [0.3, 0.4) is 0 Å². The first-order valence-corrected chi connectivity index (χ1v) is 21.7. The van der Waals surface area contributed by atoms with E-state index in [1.807, 2.05) is 34.6 Å². The number of allylic oxidation sites excluding steroid dienone is 2. The molecule has 4 saturated carbocycles. The Morgan fingerprint density at radius 3 is 2.14 bits per heavy atom. The van der Waals surface area contributed by atoms with Gasteiger partial charge in [-0.25, -0.2) is 0 Å². The molecule has 6 aliphatic rings. The number of hydrogen-bond acceptors (Lipinski definition) is 14. The van der Waals surface area contributed by atoms with Gasteiger partial charge in [0.15, 0.2) is 12.6 Å². The van der Waals surface area contributed by atoms with E-state index in [-0.39, 0.29) is 23.7 Å². The second-order valence-corrected chi connectivity index (χ2v) is 20.9. The first kappa shape index (κ1) is 46.2. The van der Waals surface area contributed by atoms with E-state index in [4.69, 9.17) is 23.7 Å². The Kier molecular flexibility index (Phi) is 13.1. The monoisotopic (exact) mass is 827 g/mol. The second kappa shape index (κ2) is 16.5. The topological polar surface area (TPSA) is 225 Å². The zero-order chi connectivity index (χ0) is 43.1. The number of ether oxygens (including phenoxy) is 5. The number of rotatable bonds is 10. The van der Waals surface area contributed by atoms with Crippen LogP contribution in [0.5, 0.6) is 0 Å². The maximum Gasteiger partial charge on any atom is 0.302 e. The standard InChI is InChI=1S/C44H74O14/c1-21(2)12-11-15-44(10,53)24-13-17-42(8)30(24)25(46)18-28-41(7)16-14-29(47)40(5,6)37(41)26(19-43(28,42)9)56-39-36(34(51)32(49)27(57-39)20-54-23(4)45)58-38-35(52)33(50)31(48)22(3)55-38/h12,22,24-39,46-53H,11,13-20H2,1-10H3/t22-,24-,25+,26-,27+,28-,29-,30-,31-,32+,33+,34-,35+,36+,37-,38-,39+,41+,42+,43+,44+/m0/s1. The summed E-state index contributed by atoms with van der Waals surface area (Å²) < 4.78 is 30.7. The summed E-state index contributed by atoms with van der Waals surface area (Å²) in [5.74, 6) is -1.23. The van der Waals surface area contributed by atoms with E-state index in [1.165, 1.54) is 19.4 Å². The Labute approximate surface area is 344 Å². The van der Waals surface area contributed by atoms with Gasteiger partial charge in [-0.05, 0) is 124 Å². The van der Waals surface area contributed by atoms with Gasteiger partial charge in [0.2, 0.25) is 0 Å². The van der Waals surface area contributed by atoms with E-state index < -0.39 is 120 Å². The maximum atomic E-state index is 12.3. The van der Waals surface area contributed by atoms with E-state index in [9.17, 15) is 45.6 Å². The van der Waals surface area contributed by atoms with Crippen molar-refractivity contribution in [1.82, 2.24) is 0 Å².